The average molecular weight is 250 g/mol. The molecule has 0 fully saturated rings. The predicted octanol–water partition coefficient (Wildman–Crippen LogP) is 4.07. The molecule has 1 aromatic rings. The summed E-state index contributed by atoms with van der Waals surface area (Å²) >= 11 is 0. The van der Waals surface area contributed by atoms with E-state index in [0.717, 1.165) is 18.8 Å². The molecule has 0 spiro atoms. The molecule has 1 unspecified atom stereocenters. The van der Waals surface area contributed by atoms with Crippen molar-refractivity contribution < 1.29 is 8.85 Å². The van der Waals surface area contributed by atoms with Gasteiger partial charge in [-0.1, -0.05) is 38.0 Å². The number of unbranched alkanes of at least 4 members (excludes halogenated alkanes) is 2. The maximum atomic E-state index is 5.93. The summed E-state index contributed by atoms with van der Waals surface area (Å²) in [7, 11) is -2.25. The van der Waals surface area contributed by atoms with Crippen molar-refractivity contribution in [3.8, 4) is 5.75 Å². The Morgan fingerprint density at radius 2 is 1.94 bits per heavy atom. The fourth-order valence-corrected chi connectivity index (χ4v) is 2.89. The van der Waals surface area contributed by atoms with Crippen LogP contribution in [-0.4, -0.2) is 15.2 Å². The zero-order valence-electron chi connectivity index (χ0n) is 10.8. The van der Waals surface area contributed by atoms with Crippen LogP contribution in [0.1, 0.15) is 26.2 Å². The second kappa shape index (κ2) is 7.30. The van der Waals surface area contributed by atoms with Crippen LogP contribution in [-0.2, 0) is 4.43 Å². The number of benzene rings is 1. The second-order valence-corrected chi connectivity index (χ2v) is 7.12. The minimum Gasteiger partial charge on any atom is -0.518 e. The van der Waals surface area contributed by atoms with Crippen molar-refractivity contribution in [2.45, 2.75) is 32.7 Å². The lowest BCUT2D eigenvalue weighted by Gasteiger charge is -2.24. The average Bonchev–Trinajstić information content (AvgIpc) is 2.36. The van der Waals surface area contributed by atoms with Crippen LogP contribution in [0.15, 0.2) is 42.6 Å². The monoisotopic (exact) mass is 250 g/mol. The second-order valence-electron chi connectivity index (χ2n) is 4.19. The molecule has 0 aliphatic rings. The molecule has 2 nitrogen and oxygen atoms in total. The zero-order chi connectivity index (χ0) is 12.6. The lowest BCUT2D eigenvalue weighted by atomic mass is 10.3. The summed E-state index contributed by atoms with van der Waals surface area (Å²) in [4.78, 5) is 0. The summed E-state index contributed by atoms with van der Waals surface area (Å²) < 4.78 is 11.8. The van der Waals surface area contributed by atoms with Gasteiger partial charge in [-0.05, 0) is 30.8 Å². The van der Waals surface area contributed by atoms with Crippen LogP contribution in [0.3, 0.4) is 0 Å². The van der Waals surface area contributed by atoms with Gasteiger partial charge in [-0.25, -0.2) is 0 Å². The summed E-state index contributed by atoms with van der Waals surface area (Å²) in [5, 5.41) is 0. The van der Waals surface area contributed by atoms with Crippen LogP contribution in [0, 0.1) is 0 Å². The Kier molecular flexibility index (Phi) is 6.01. The normalized spacial score (nSPS) is 14.0. The number of hydrogen-bond donors (Lipinski definition) is 0. The van der Waals surface area contributed by atoms with Gasteiger partial charge in [0, 0.05) is 6.61 Å². The van der Waals surface area contributed by atoms with E-state index in [4.69, 9.17) is 8.85 Å². The third-order valence-corrected chi connectivity index (χ3v) is 4.73. The van der Waals surface area contributed by atoms with E-state index in [1.165, 1.54) is 12.8 Å². The zero-order valence-corrected chi connectivity index (χ0v) is 11.8. The Hall–Kier alpha value is -1.06. The minimum atomic E-state index is -2.25. The van der Waals surface area contributed by atoms with Crippen LogP contribution >= 0.6 is 0 Å². The molecule has 0 amide bonds. The third-order valence-electron chi connectivity index (χ3n) is 2.57. The Balaban J connectivity index is 2.47. The summed E-state index contributed by atoms with van der Waals surface area (Å²) in [6.45, 7) is 8.81. The number of para-hydroxylation sites is 1. The van der Waals surface area contributed by atoms with Crippen LogP contribution in [0.5, 0.6) is 5.75 Å². The lowest BCUT2D eigenvalue weighted by Crippen LogP contribution is -2.40. The van der Waals surface area contributed by atoms with Crippen LogP contribution < -0.4 is 4.43 Å². The van der Waals surface area contributed by atoms with Gasteiger partial charge in [-0.15, -0.1) is 6.58 Å². The fraction of sp³-hybridized carbons (Fsp3) is 0.429. The first-order valence-corrected chi connectivity index (χ1v) is 8.61. The van der Waals surface area contributed by atoms with Gasteiger partial charge in [0.25, 0.3) is 0 Å². The predicted molar refractivity (Wildman–Crippen MR) is 74.4 cm³/mol. The topological polar surface area (TPSA) is 18.5 Å². The highest BCUT2D eigenvalue weighted by Gasteiger charge is 2.29. The Bertz CT molecular complexity index is 326. The highest BCUT2D eigenvalue weighted by atomic mass is 28.4. The molecular weight excluding hydrogens is 228 g/mol. The summed E-state index contributed by atoms with van der Waals surface area (Å²) in [5.41, 5.74) is 1.84. The van der Waals surface area contributed by atoms with Gasteiger partial charge in [-0.2, -0.15) is 0 Å². The molecule has 0 aliphatic carbocycles. The van der Waals surface area contributed by atoms with E-state index in [-0.39, 0.29) is 0 Å². The Morgan fingerprint density at radius 3 is 2.53 bits per heavy atom. The first kappa shape index (κ1) is 14.0. The Morgan fingerprint density at radius 1 is 1.24 bits per heavy atom. The molecule has 3 heteroatoms. The molecule has 1 atom stereocenters. The maximum Gasteiger partial charge on any atom is 0.422 e. The van der Waals surface area contributed by atoms with Crippen molar-refractivity contribution >= 4 is 8.56 Å². The van der Waals surface area contributed by atoms with E-state index >= 15 is 0 Å². The van der Waals surface area contributed by atoms with Crippen LogP contribution in [0.2, 0.25) is 6.55 Å². The molecule has 0 aliphatic heterocycles. The van der Waals surface area contributed by atoms with Crippen molar-refractivity contribution in [2.75, 3.05) is 6.61 Å². The standard InChI is InChI=1S/C14H22O2Si/c1-4-6-10-13-15-17(3,5-2)16-14-11-8-7-9-12-14/h5,7-9,11-12H,2,4,6,10,13H2,1,3H3. The van der Waals surface area contributed by atoms with Gasteiger partial charge < -0.3 is 8.85 Å². The van der Waals surface area contributed by atoms with E-state index in [1.54, 1.807) is 0 Å². The SMILES string of the molecule is C=C[Si](C)(OCCCCC)Oc1ccccc1. The van der Waals surface area contributed by atoms with E-state index in [9.17, 15) is 0 Å². The van der Waals surface area contributed by atoms with Crippen molar-refractivity contribution in [3.05, 3.63) is 42.6 Å². The Labute approximate surface area is 106 Å². The first-order valence-electron chi connectivity index (χ1n) is 6.22. The van der Waals surface area contributed by atoms with E-state index < -0.39 is 8.56 Å². The van der Waals surface area contributed by atoms with Crippen molar-refractivity contribution in [2.24, 2.45) is 0 Å². The fourth-order valence-electron chi connectivity index (χ4n) is 1.48. The van der Waals surface area contributed by atoms with Crippen molar-refractivity contribution in [1.29, 1.82) is 0 Å². The molecule has 0 bridgehead atoms. The van der Waals surface area contributed by atoms with Gasteiger partial charge in [0.2, 0.25) is 0 Å². The molecule has 94 valence electrons. The number of hydrogen-bond acceptors (Lipinski definition) is 2. The molecule has 0 saturated carbocycles. The van der Waals surface area contributed by atoms with E-state index in [0.29, 0.717) is 0 Å². The highest BCUT2D eigenvalue weighted by Crippen LogP contribution is 2.17. The molecule has 1 rings (SSSR count). The summed E-state index contributed by atoms with van der Waals surface area (Å²) in [6, 6.07) is 9.80. The van der Waals surface area contributed by atoms with Gasteiger partial charge in [0.05, 0.1) is 0 Å². The molecule has 0 radical (unpaired) electrons. The van der Waals surface area contributed by atoms with Crippen LogP contribution in [0.4, 0.5) is 0 Å². The van der Waals surface area contributed by atoms with Crippen molar-refractivity contribution in [3.63, 3.8) is 0 Å². The van der Waals surface area contributed by atoms with E-state index in [2.05, 4.69) is 13.5 Å². The lowest BCUT2D eigenvalue weighted by molar-refractivity contribution is 0.246. The van der Waals surface area contributed by atoms with Gasteiger partial charge >= 0.3 is 8.56 Å². The minimum absolute atomic E-state index is 0.759. The van der Waals surface area contributed by atoms with Crippen molar-refractivity contribution in [1.82, 2.24) is 0 Å². The van der Waals surface area contributed by atoms with Gasteiger partial charge in [0.15, 0.2) is 0 Å². The molecule has 0 N–H and O–H groups in total. The molecule has 0 saturated heterocycles. The molecule has 17 heavy (non-hydrogen) atoms. The molecule has 0 aromatic heterocycles. The molecular formula is C14H22O2Si. The summed E-state index contributed by atoms with van der Waals surface area (Å²) in [5.74, 6) is 0.858. The largest absolute Gasteiger partial charge is 0.518 e. The third kappa shape index (κ3) is 5.19. The molecule has 0 heterocycles. The van der Waals surface area contributed by atoms with Gasteiger partial charge in [0.1, 0.15) is 5.75 Å². The highest BCUT2D eigenvalue weighted by molar-refractivity contribution is 6.71. The number of rotatable bonds is 8. The smallest absolute Gasteiger partial charge is 0.422 e. The van der Waals surface area contributed by atoms with E-state index in [1.807, 2.05) is 42.6 Å². The van der Waals surface area contributed by atoms with Crippen LogP contribution in [0.25, 0.3) is 0 Å². The summed E-state index contributed by atoms with van der Waals surface area (Å²) in [6.07, 6.45) is 3.49. The molecule has 1 aromatic carbocycles. The maximum absolute atomic E-state index is 5.93. The quantitative estimate of drug-likeness (QED) is 0.511. The first-order chi connectivity index (χ1) is 8.20. The van der Waals surface area contributed by atoms with Gasteiger partial charge in [-0.3, -0.25) is 0 Å².